The van der Waals surface area contributed by atoms with Crippen molar-refractivity contribution in [3.05, 3.63) is 35.4 Å². The second-order valence-corrected chi connectivity index (χ2v) is 6.07. The maximum absolute atomic E-state index is 12.3. The lowest BCUT2D eigenvalue weighted by molar-refractivity contribution is -0.123. The summed E-state index contributed by atoms with van der Waals surface area (Å²) in [6.07, 6.45) is 1.99. The number of amides is 1. The third-order valence-corrected chi connectivity index (χ3v) is 4.45. The van der Waals surface area contributed by atoms with E-state index < -0.39 is 0 Å². The second-order valence-electron chi connectivity index (χ2n) is 6.07. The van der Waals surface area contributed by atoms with Gasteiger partial charge in [0.25, 0.3) is 0 Å². The number of hydrogen-bond acceptors (Lipinski definition) is 3. The van der Waals surface area contributed by atoms with Crippen molar-refractivity contribution in [1.29, 1.82) is 0 Å². The van der Waals surface area contributed by atoms with Crippen molar-refractivity contribution in [3.63, 3.8) is 0 Å². The third kappa shape index (κ3) is 4.59. The van der Waals surface area contributed by atoms with Crippen LogP contribution >= 0.6 is 24.8 Å². The summed E-state index contributed by atoms with van der Waals surface area (Å²) in [6, 6.07) is 8.28. The Balaban J connectivity index is 0.00000121. The zero-order valence-corrected chi connectivity index (χ0v) is 14.5. The predicted octanol–water partition coefficient (Wildman–Crippen LogP) is 1.61. The third-order valence-electron chi connectivity index (χ3n) is 4.45. The molecule has 0 aliphatic carbocycles. The molecule has 1 amide bonds. The van der Waals surface area contributed by atoms with Gasteiger partial charge in [-0.2, -0.15) is 0 Å². The molecular formula is C16H25Cl2N3O. The van der Waals surface area contributed by atoms with Crippen molar-refractivity contribution in [2.75, 3.05) is 26.7 Å². The smallest absolute Gasteiger partial charge is 0.237 e. The van der Waals surface area contributed by atoms with E-state index in [1.807, 2.05) is 6.07 Å². The number of rotatable bonds is 3. The molecule has 0 radical (unpaired) electrons. The molecule has 0 saturated carbocycles. The average molecular weight is 346 g/mol. The summed E-state index contributed by atoms with van der Waals surface area (Å²) in [4.78, 5) is 14.6. The number of benzene rings is 1. The van der Waals surface area contributed by atoms with Gasteiger partial charge < -0.3 is 15.5 Å². The molecule has 22 heavy (non-hydrogen) atoms. The van der Waals surface area contributed by atoms with E-state index in [2.05, 4.69) is 40.8 Å². The number of carbonyl (C=O) groups excluding carboxylic acids is 1. The Morgan fingerprint density at radius 2 is 2.05 bits per heavy atom. The molecule has 0 spiro atoms. The standard InChI is InChI=1S/C16H23N3O.2ClH/c1-19-7-6-12(11-19)9-18-16(20)15-8-13-4-2-3-5-14(13)10-17-15;;/h2-5,12,15,17H,6-11H2,1H3,(H,18,20);2*1H. The topological polar surface area (TPSA) is 44.4 Å². The molecule has 4 nitrogen and oxygen atoms in total. The van der Waals surface area contributed by atoms with Crippen LogP contribution in [0.15, 0.2) is 24.3 Å². The molecule has 2 N–H and O–H groups in total. The first-order valence-corrected chi connectivity index (χ1v) is 7.49. The molecule has 6 heteroatoms. The molecule has 2 atom stereocenters. The minimum Gasteiger partial charge on any atom is -0.354 e. The van der Waals surface area contributed by atoms with Crippen molar-refractivity contribution < 1.29 is 4.79 Å². The molecule has 0 aromatic heterocycles. The van der Waals surface area contributed by atoms with Crippen LogP contribution in [-0.4, -0.2) is 43.5 Å². The Kier molecular flexibility index (Phi) is 7.63. The molecule has 0 bridgehead atoms. The van der Waals surface area contributed by atoms with Gasteiger partial charge in [-0.1, -0.05) is 24.3 Å². The van der Waals surface area contributed by atoms with Gasteiger partial charge in [0.05, 0.1) is 6.04 Å². The van der Waals surface area contributed by atoms with E-state index in [4.69, 9.17) is 0 Å². The van der Waals surface area contributed by atoms with Gasteiger partial charge >= 0.3 is 0 Å². The minimum atomic E-state index is -0.0796. The van der Waals surface area contributed by atoms with Crippen LogP contribution in [0.2, 0.25) is 0 Å². The Bertz CT molecular complexity index is 498. The van der Waals surface area contributed by atoms with Gasteiger partial charge in [0.15, 0.2) is 0 Å². The largest absolute Gasteiger partial charge is 0.354 e. The number of nitrogens with zero attached hydrogens (tertiary/aromatic N) is 1. The van der Waals surface area contributed by atoms with Crippen LogP contribution in [0.5, 0.6) is 0 Å². The van der Waals surface area contributed by atoms with Crippen molar-refractivity contribution in [2.45, 2.75) is 25.4 Å². The molecule has 2 aliphatic rings. The average Bonchev–Trinajstić information content (AvgIpc) is 2.90. The van der Waals surface area contributed by atoms with Crippen molar-refractivity contribution in [3.8, 4) is 0 Å². The first kappa shape index (κ1) is 19.2. The van der Waals surface area contributed by atoms with E-state index in [1.165, 1.54) is 17.5 Å². The maximum Gasteiger partial charge on any atom is 0.237 e. The Morgan fingerprint density at radius 3 is 2.73 bits per heavy atom. The fourth-order valence-corrected chi connectivity index (χ4v) is 3.20. The molecule has 2 aliphatic heterocycles. The molecule has 2 heterocycles. The lowest BCUT2D eigenvalue weighted by Gasteiger charge is -2.25. The van der Waals surface area contributed by atoms with E-state index >= 15 is 0 Å². The molecule has 3 rings (SSSR count). The van der Waals surface area contributed by atoms with E-state index in [0.717, 1.165) is 32.6 Å². The molecule has 2 unspecified atom stereocenters. The highest BCUT2D eigenvalue weighted by Gasteiger charge is 2.25. The highest BCUT2D eigenvalue weighted by molar-refractivity contribution is 5.85. The first-order chi connectivity index (χ1) is 9.72. The summed E-state index contributed by atoms with van der Waals surface area (Å²) in [7, 11) is 2.14. The number of likely N-dealkylation sites (tertiary alicyclic amines) is 1. The zero-order valence-electron chi connectivity index (χ0n) is 12.9. The minimum absolute atomic E-state index is 0. The Hall–Kier alpha value is -0.810. The Labute approximate surface area is 144 Å². The van der Waals surface area contributed by atoms with Crippen molar-refractivity contribution in [2.24, 2.45) is 5.92 Å². The summed E-state index contributed by atoms with van der Waals surface area (Å²) in [6.45, 7) is 3.85. The molecule has 124 valence electrons. The van der Waals surface area contributed by atoms with E-state index in [1.54, 1.807) is 0 Å². The first-order valence-electron chi connectivity index (χ1n) is 7.49. The molecule has 1 saturated heterocycles. The normalized spacial score (nSPS) is 23.9. The van der Waals surface area contributed by atoms with Crippen LogP contribution < -0.4 is 10.6 Å². The van der Waals surface area contributed by atoms with Crippen LogP contribution in [0.4, 0.5) is 0 Å². The summed E-state index contributed by atoms with van der Waals surface area (Å²) < 4.78 is 0. The summed E-state index contributed by atoms with van der Waals surface area (Å²) >= 11 is 0. The SMILES string of the molecule is CN1CCC(CNC(=O)C2Cc3ccccc3CN2)C1.Cl.Cl. The molecule has 1 aromatic rings. The van der Waals surface area contributed by atoms with E-state index in [0.29, 0.717) is 5.92 Å². The van der Waals surface area contributed by atoms with Gasteiger partial charge in [-0.3, -0.25) is 4.79 Å². The number of carbonyl (C=O) groups is 1. The van der Waals surface area contributed by atoms with Crippen molar-refractivity contribution in [1.82, 2.24) is 15.5 Å². The van der Waals surface area contributed by atoms with E-state index in [9.17, 15) is 4.79 Å². The number of fused-ring (bicyclic) bond motifs is 1. The van der Waals surface area contributed by atoms with E-state index in [-0.39, 0.29) is 36.8 Å². The molecule has 1 fully saturated rings. The van der Waals surface area contributed by atoms with Crippen LogP contribution in [-0.2, 0) is 17.8 Å². The van der Waals surface area contributed by atoms with Gasteiger partial charge in [-0.15, -0.1) is 24.8 Å². The highest BCUT2D eigenvalue weighted by atomic mass is 35.5. The highest BCUT2D eigenvalue weighted by Crippen LogP contribution is 2.17. The maximum atomic E-state index is 12.3. The van der Waals surface area contributed by atoms with Gasteiger partial charge in [-0.05, 0) is 43.5 Å². The number of halogens is 2. The van der Waals surface area contributed by atoms with Gasteiger partial charge in [0.2, 0.25) is 5.91 Å². The number of nitrogens with one attached hydrogen (secondary N) is 2. The van der Waals surface area contributed by atoms with Gasteiger partial charge in [0.1, 0.15) is 0 Å². The second kappa shape index (κ2) is 8.73. The lowest BCUT2D eigenvalue weighted by Crippen LogP contribution is -2.48. The quantitative estimate of drug-likeness (QED) is 0.874. The summed E-state index contributed by atoms with van der Waals surface area (Å²) in [5.41, 5.74) is 2.61. The fraction of sp³-hybridized carbons (Fsp3) is 0.562. The van der Waals surface area contributed by atoms with Gasteiger partial charge in [0, 0.05) is 19.6 Å². The summed E-state index contributed by atoms with van der Waals surface area (Å²) in [5, 5.41) is 6.45. The predicted molar refractivity (Wildman–Crippen MR) is 93.9 cm³/mol. The van der Waals surface area contributed by atoms with Crippen LogP contribution in [0, 0.1) is 5.92 Å². The van der Waals surface area contributed by atoms with Gasteiger partial charge in [-0.25, -0.2) is 0 Å². The number of hydrogen-bond donors (Lipinski definition) is 2. The van der Waals surface area contributed by atoms with Crippen molar-refractivity contribution >= 4 is 30.7 Å². The molecular weight excluding hydrogens is 321 g/mol. The van der Waals surface area contributed by atoms with Crippen LogP contribution in [0.1, 0.15) is 17.5 Å². The lowest BCUT2D eigenvalue weighted by atomic mass is 9.95. The monoisotopic (exact) mass is 345 g/mol. The van der Waals surface area contributed by atoms with Crippen LogP contribution in [0.3, 0.4) is 0 Å². The fourth-order valence-electron chi connectivity index (χ4n) is 3.20. The summed E-state index contributed by atoms with van der Waals surface area (Å²) in [5.74, 6) is 0.758. The molecule has 1 aromatic carbocycles. The Morgan fingerprint density at radius 1 is 1.32 bits per heavy atom. The van der Waals surface area contributed by atoms with Crippen LogP contribution in [0.25, 0.3) is 0 Å². The zero-order chi connectivity index (χ0) is 13.9.